The summed E-state index contributed by atoms with van der Waals surface area (Å²) in [5.74, 6) is 2.86. The van der Waals surface area contributed by atoms with Gasteiger partial charge < -0.3 is 15.1 Å². The fourth-order valence-corrected chi connectivity index (χ4v) is 6.92. The number of amides is 1. The van der Waals surface area contributed by atoms with Crippen molar-refractivity contribution in [2.75, 3.05) is 31.1 Å². The first-order chi connectivity index (χ1) is 15.1. The lowest BCUT2D eigenvalue weighted by Gasteiger charge is -2.43. The number of carbonyl (C=O) groups is 1. The Morgan fingerprint density at radius 2 is 1.71 bits per heavy atom. The second kappa shape index (κ2) is 9.23. The minimum atomic E-state index is 0.0745. The molecule has 1 N–H and O–H groups in total. The van der Waals surface area contributed by atoms with E-state index in [1.54, 1.807) is 0 Å². The number of nitrogens with one attached hydrogen (secondary N) is 1. The minimum absolute atomic E-state index is 0.0745. The molecule has 4 nitrogen and oxygen atoms in total. The predicted molar refractivity (Wildman–Crippen MR) is 127 cm³/mol. The van der Waals surface area contributed by atoms with Crippen LogP contribution in [0.15, 0.2) is 24.3 Å². The van der Waals surface area contributed by atoms with E-state index in [9.17, 15) is 4.79 Å². The maximum atomic E-state index is 13.6. The van der Waals surface area contributed by atoms with Crippen LogP contribution >= 0.6 is 0 Å². The van der Waals surface area contributed by atoms with Crippen molar-refractivity contribution >= 4 is 11.6 Å². The van der Waals surface area contributed by atoms with Gasteiger partial charge in [-0.2, -0.15) is 0 Å². The van der Waals surface area contributed by atoms with Crippen LogP contribution in [0.5, 0.6) is 0 Å². The zero-order valence-electron chi connectivity index (χ0n) is 19.6. The quantitative estimate of drug-likeness (QED) is 0.739. The first kappa shape index (κ1) is 21.5. The number of likely N-dealkylation sites (tertiary alicyclic amines) is 1. The van der Waals surface area contributed by atoms with Crippen LogP contribution in [0.1, 0.15) is 76.7 Å². The molecule has 0 spiro atoms. The Labute approximate surface area is 188 Å². The number of anilines is 1. The molecule has 2 unspecified atom stereocenters. The van der Waals surface area contributed by atoms with Gasteiger partial charge in [-0.3, -0.25) is 4.79 Å². The van der Waals surface area contributed by atoms with Crippen LogP contribution in [-0.4, -0.2) is 49.1 Å². The Balaban J connectivity index is 1.22. The Morgan fingerprint density at radius 1 is 0.968 bits per heavy atom. The average Bonchev–Trinajstić information content (AvgIpc) is 3.41. The zero-order chi connectivity index (χ0) is 21.4. The fourth-order valence-electron chi connectivity index (χ4n) is 6.92. The lowest BCUT2D eigenvalue weighted by molar-refractivity contribution is -0.120. The number of para-hydroxylation sites is 1. The normalized spacial score (nSPS) is 32.7. The van der Waals surface area contributed by atoms with Crippen LogP contribution in [0.2, 0.25) is 0 Å². The van der Waals surface area contributed by atoms with Gasteiger partial charge in [0.1, 0.15) is 0 Å². The lowest BCUT2D eigenvalue weighted by atomic mass is 9.79. The molecule has 2 atom stereocenters. The SMILES string of the molecule is CC(C)C1CCC(N2CCC(N3C(=O)C(CC4CCNC4)c4ccccc43)CC2)CC1. The van der Waals surface area contributed by atoms with Crippen LogP contribution in [0.25, 0.3) is 0 Å². The van der Waals surface area contributed by atoms with E-state index in [2.05, 4.69) is 53.2 Å². The number of piperidine rings is 1. The molecule has 170 valence electrons. The number of benzene rings is 1. The van der Waals surface area contributed by atoms with Gasteiger partial charge in [0, 0.05) is 30.9 Å². The molecule has 2 saturated heterocycles. The molecule has 1 aliphatic carbocycles. The Kier molecular flexibility index (Phi) is 6.39. The Hall–Kier alpha value is -1.39. The monoisotopic (exact) mass is 423 g/mol. The van der Waals surface area contributed by atoms with Crippen molar-refractivity contribution in [2.24, 2.45) is 17.8 Å². The largest absolute Gasteiger partial charge is 0.316 e. The van der Waals surface area contributed by atoms with Crippen molar-refractivity contribution in [1.29, 1.82) is 0 Å². The molecule has 4 aliphatic rings. The number of hydrogen-bond acceptors (Lipinski definition) is 3. The Morgan fingerprint density at radius 3 is 2.39 bits per heavy atom. The van der Waals surface area contributed by atoms with Gasteiger partial charge in [-0.25, -0.2) is 0 Å². The molecule has 0 aromatic heterocycles. The van der Waals surface area contributed by atoms with Gasteiger partial charge in [-0.15, -0.1) is 0 Å². The molecular formula is C27H41N3O. The van der Waals surface area contributed by atoms with E-state index < -0.39 is 0 Å². The van der Waals surface area contributed by atoms with Gasteiger partial charge in [-0.1, -0.05) is 32.0 Å². The molecule has 3 aliphatic heterocycles. The summed E-state index contributed by atoms with van der Waals surface area (Å²) in [6.07, 6.45) is 10.0. The summed E-state index contributed by atoms with van der Waals surface area (Å²) in [6.45, 7) is 9.27. The van der Waals surface area contributed by atoms with E-state index in [4.69, 9.17) is 0 Å². The van der Waals surface area contributed by atoms with Crippen molar-refractivity contribution < 1.29 is 4.79 Å². The van der Waals surface area contributed by atoms with Crippen molar-refractivity contribution in [3.8, 4) is 0 Å². The molecule has 31 heavy (non-hydrogen) atoms. The maximum Gasteiger partial charge on any atom is 0.234 e. The van der Waals surface area contributed by atoms with Gasteiger partial charge in [0.15, 0.2) is 0 Å². The van der Waals surface area contributed by atoms with Gasteiger partial charge >= 0.3 is 0 Å². The van der Waals surface area contributed by atoms with Crippen LogP contribution in [0, 0.1) is 17.8 Å². The van der Waals surface area contributed by atoms with Gasteiger partial charge in [-0.05, 0) is 93.8 Å². The highest BCUT2D eigenvalue weighted by Crippen LogP contribution is 2.44. The van der Waals surface area contributed by atoms with Crippen LogP contribution in [-0.2, 0) is 4.79 Å². The molecule has 1 aromatic rings. The summed E-state index contributed by atoms with van der Waals surface area (Å²) in [6, 6.07) is 9.79. The number of hydrogen-bond donors (Lipinski definition) is 1. The third kappa shape index (κ3) is 4.30. The van der Waals surface area contributed by atoms with Crippen LogP contribution in [0.3, 0.4) is 0 Å². The van der Waals surface area contributed by atoms with E-state index in [-0.39, 0.29) is 5.92 Å². The first-order valence-corrected chi connectivity index (χ1v) is 13.0. The summed E-state index contributed by atoms with van der Waals surface area (Å²) < 4.78 is 0. The molecule has 0 radical (unpaired) electrons. The van der Waals surface area contributed by atoms with Crippen molar-refractivity contribution in [2.45, 2.75) is 83.2 Å². The van der Waals surface area contributed by atoms with Gasteiger partial charge in [0.2, 0.25) is 5.91 Å². The number of carbonyl (C=O) groups excluding carboxylic acids is 1. The van der Waals surface area contributed by atoms with Gasteiger partial charge in [0.25, 0.3) is 0 Å². The summed E-state index contributed by atoms with van der Waals surface area (Å²) in [4.78, 5) is 18.6. The number of nitrogens with zero attached hydrogens (tertiary/aromatic N) is 2. The molecule has 3 fully saturated rings. The van der Waals surface area contributed by atoms with Crippen LogP contribution in [0.4, 0.5) is 5.69 Å². The van der Waals surface area contributed by atoms with E-state index in [0.717, 1.165) is 63.3 Å². The molecule has 3 heterocycles. The molecule has 1 saturated carbocycles. The standard InChI is InChI=1S/C27H41N3O/c1-19(2)21-7-9-22(10-8-21)29-15-12-23(13-16-29)30-26-6-4-3-5-24(26)25(27(30)31)17-20-11-14-28-18-20/h3-6,19-23,25,28H,7-18H2,1-2H3. The summed E-state index contributed by atoms with van der Waals surface area (Å²) in [7, 11) is 0. The van der Waals surface area contributed by atoms with Crippen molar-refractivity contribution in [1.82, 2.24) is 10.2 Å². The maximum absolute atomic E-state index is 13.6. The minimum Gasteiger partial charge on any atom is -0.316 e. The van der Waals surface area contributed by atoms with E-state index in [1.165, 1.54) is 43.4 Å². The average molecular weight is 424 g/mol. The molecular weight excluding hydrogens is 382 g/mol. The molecule has 5 rings (SSSR count). The molecule has 0 bridgehead atoms. The lowest BCUT2D eigenvalue weighted by Crippen LogP contribution is -2.50. The van der Waals surface area contributed by atoms with E-state index in [1.807, 2.05) is 0 Å². The predicted octanol–water partition coefficient (Wildman–Crippen LogP) is 4.80. The van der Waals surface area contributed by atoms with E-state index >= 15 is 0 Å². The Bertz CT molecular complexity index is 755. The molecule has 4 heteroatoms. The first-order valence-electron chi connectivity index (χ1n) is 13.0. The number of fused-ring (bicyclic) bond motifs is 1. The van der Waals surface area contributed by atoms with Crippen molar-refractivity contribution in [3.63, 3.8) is 0 Å². The van der Waals surface area contributed by atoms with Crippen molar-refractivity contribution in [3.05, 3.63) is 29.8 Å². The molecule has 1 aromatic carbocycles. The summed E-state index contributed by atoms with van der Waals surface area (Å²) in [5.41, 5.74) is 2.49. The smallest absolute Gasteiger partial charge is 0.234 e. The zero-order valence-corrected chi connectivity index (χ0v) is 19.6. The second-order valence-corrected chi connectivity index (χ2v) is 11.0. The highest BCUT2D eigenvalue weighted by molar-refractivity contribution is 6.05. The second-order valence-electron chi connectivity index (χ2n) is 11.0. The van der Waals surface area contributed by atoms with Crippen LogP contribution < -0.4 is 10.2 Å². The highest BCUT2D eigenvalue weighted by atomic mass is 16.2. The fraction of sp³-hybridized carbons (Fsp3) is 0.741. The summed E-state index contributed by atoms with van der Waals surface area (Å²) >= 11 is 0. The van der Waals surface area contributed by atoms with Gasteiger partial charge in [0.05, 0.1) is 5.92 Å². The summed E-state index contributed by atoms with van der Waals surface area (Å²) in [5, 5.41) is 3.47. The number of rotatable bonds is 5. The van der Waals surface area contributed by atoms with E-state index in [0.29, 0.717) is 17.9 Å². The third-order valence-electron chi connectivity index (χ3n) is 8.90. The third-order valence-corrected chi connectivity index (χ3v) is 8.90. The molecule has 1 amide bonds. The topological polar surface area (TPSA) is 35.6 Å². The highest BCUT2D eigenvalue weighted by Gasteiger charge is 2.42.